The maximum Gasteiger partial charge on any atom is 0.229 e. The molecule has 2 saturated heterocycles. The molecule has 5 unspecified atom stereocenters. The molecule has 5 rings (SSSR count). The predicted octanol–water partition coefficient (Wildman–Crippen LogP) is 3.01. The van der Waals surface area contributed by atoms with E-state index in [-0.39, 0.29) is 30.2 Å². The van der Waals surface area contributed by atoms with Crippen LogP contribution >= 0.6 is 0 Å². The van der Waals surface area contributed by atoms with Crippen LogP contribution in [0.2, 0.25) is 0 Å². The van der Waals surface area contributed by atoms with Crippen molar-refractivity contribution in [1.82, 2.24) is 16.0 Å². The molecule has 0 aromatic heterocycles. The molecular formula is C25H30N4O. The van der Waals surface area contributed by atoms with Crippen LogP contribution in [-0.4, -0.2) is 30.9 Å². The lowest BCUT2D eigenvalue weighted by atomic mass is 9.81. The highest BCUT2D eigenvalue weighted by Crippen LogP contribution is 2.35. The molecular weight excluding hydrogens is 372 g/mol. The molecule has 5 nitrogen and oxygen atoms in total. The van der Waals surface area contributed by atoms with Crippen LogP contribution in [0, 0.1) is 18.8 Å². The van der Waals surface area contributed by atoms with Gasteiger partial charge in [-0.25, -0.2) is 0 Å². The Kier molecular flexibility index (Phi) is 5.09. The molecule has 0 spiro atoms. The SMILES string of the molecule is Cc1ccc(/C=C/C2CCNC3NC(N4c5ccccc5CC4C)NC(=O)C23)cc1. The van der Waals surface area contributed by atoms with E-state index in [1.165, 1.54) is 22.4 Å². The van der Waals surface area contributed by atoms with Crippen molar-refractivity contribution in [2.45, 2.75) is 45.2 Å². The van der Waals surface area contributed by atoms with Gasteiger partial charge in [0, 0.05) is 11.7 Å². The molecule has 2 aromatic carbocycles. The van der Waals surface area contributed by atoms with Crippen LogP contribution in [0.4, 0.5) is 5.69 Å². The monoisotopic (exact) mass is 402 g/mol. The standard InChI is InChI=1S/C25H30N4O/c1-16-7-9-18(10-8-16)11-12-19-13-14-26-23-22(19)24(30)28-25(27-23)29-17(2)15-20-5-3-4-6-21(20)29/h3-12,17,19,22-23,25-27H,13-15H2,1-2H3,(H,28,30)/b12-11+. The summed E-state index contributed by atoms with van der Waals surface area (Å²) in [6.07, 6.45) is 6.14. The number of hydrogen-bond donors (Lipinski definition) is 3. The van der Waals surface area contributed by atoms with Crippen molar-refractivity contribution in [3.63, 3.8) is 0 Å². The van der Waals surface area contributed by atoms with E-state index in [1.807, 2.05) is 0 Å². The minimum absolute atomic E-state index is 0.0230. The van der Waals surface area contributed by atoms with Crippen molar-refractivity contribution >= 4 is 17.7 Å². The summed E-state index contributed by atoms with van der Waals surface area (Å²) in [5, 5.41) is 10.5. The first-order chi connectivity index (χ1) is 14.6. The molecule has 3 aliphatic heterocycles. The van der Waals surface area contributed by atoms with Gasteiger partial charge in [0.2, 0.25) is 5.91 Å². The van der Waals surface area contributed by atoms with Gasteiger partial charge in [0.15, 0.2) is 6.29 Å². The second kappa shape index (κ2) is 7.89. The fraction of sp³-hybridized carbons (Fsp3) is 0.400. The number of carbonyl (C=O) groups excluding carboxylic acids is 1. The van der Waals surface area contributed by atoms with Crippen LogP contribution in [0.3, 0.4) is 0 Å². The first-order valence-corrected chi connectivity index (χ1v) is 11.0. The zero-order chi connectivity index (χ0) is 20.7. The number of fused-ring (bicyclic) bond motifs is 2. The number of piperidine rings is 1. The number of benzene rings is 2. The van der Waals surface area contributed by atoms with Crippen LogP contribution in [-0.2, 0) is 11.2 Å². The summed E-state index contributed by atoms with van der Waals surface area (Å²) in [6.45, 7) is 5.23. The Balaban J connectivity index is 1.34. The number of hydrogen-bond acceptors (Lipinski definition) is 4. The van der Waals surface area contributed by atoms with E-state index in [2.05, 4.69) is 95.4 Å². The van der Waals surface area contributed by atoms with Crippen molar-refractivity contribution in [2.24, 2.45) is 11.8 Å². The van der Waals surface area contributed by atoms with Gasteiger partial charge in [-0.15, -0.1) is 0 Å². The number of anilines is 1. The maximum atomic E-state index is 13.2. The molecule has 0 aliphatic carbocycles. The average molecular weight is 403 g/mol. The molecule has 5 atom stereocenters. The molecule has 0 radical (unpaired) electrons. The summed E-state index contributed by atoms with van der Waals surface area (Å²) < 4.78 is 0. The number of rotatable bonds is 3. The Morgan fingerprint density at radius 1 is 1.10 bits per heavy atom. The van der Waals surface area contributed by atoms with Crippen molar-refractivity contribution in [2.75, 3.05) is 11.4 Å². The highest BCUT2D eigenvalue weighted by molar-refractivity contribution is 5.82. The third kappa shape index (κ3) is 3.53. The number of para-hydroxylation sites is 1. The van der Waals surface area contributed by atoms with E-state index in [4.69, 9.17) is 0 Å². The Morgan fingerprint density at radius 2 is 1.90 bits per heavy atom. The van der Waals surface area contributed by atoms with Crippen LogP contribution < -0.4 is 20.9 Å². The van der Waals surface area contributed by atoms with Gasteiger partial charge in [-0.05, 0) is 56.3 Å². The molecule has 3 N–H and O–H groups in total. The average Bonchev–Trinajstić information content (AvgIpc) is 3.08. The van der Waals surface area contributed by atoms with Gasteiger partial charge in [-0.1, -0.05) is 60.2 Å². The summed E-state index contributed by atoms with van der Waals surface area (Å²) in [6, 6.07) is 17.4. The van der Waals surface area contributed by atoms with Gasteiger partial charge in [0.05, 0.1) is 12.1 Å². The quantitative estimate of drug-likeness (QED) is 0.739. The third-order valence-corrected chi connectivity index (χ3v) is 6.73. The highest BCUT2D eigenvalue weighted by Gasteiger charge is 2.45. The minimum atomic E-state index is -0.190. The molecule has 2 fully saturated rings. The normalized spacial score (nSPS) is 30.8. The molecule has 30 heavy (non-hydrogen) atoms. The molecule has 2 aromatic rings. The Labute approximate surface area is 178 Å². The van der Waals surface area contributed by atoms with Crippen molar-refractivity contribution in [1.29, 1.82) is 0 Å². The fourth-order valence-electron chi connectivity index (χ4n) is 5.17. The van der Waals surface area contributed by atoms with E-state index >= 15 is 0 Å². The van der Waals surface area contributed by atoms with Crippen LogP contribution in [0.1, 0.15) is 30.0 Å². The third-order valence-electron chi connectivity index (χ3n) is 6.73. The molecule has 0 saturated carbocycles. The molecule has 3 aliphatic rings. The fourth-order valence-corrected chi connectivity index (χ4v) is 5.17. The zero-order valence-corrected chi connectivity index (χ0v) is 17.6. The van der Waals surface area contributed by atoms with E-state index in [0.29, 0.717) is 6.04 Å². The van der Waals surface area contributed by atoms with Gasteiger partial charge < -0.3 is 15.5 Å². The Hall–Kier alpha value is -2.63. The lowest BCUT2D eigenvalue weighted by Crippen LogP contribution is -2.73. The topological polar surface area (TPSA) is 56.4 Å². The first-order valence-electron chi connectivity index (χ1n) is 11.0. The van der Waals surface area contributed by atoms with E-state index in [0.717, 1.165) is 19.4 Å². The van der Waals surface area contributed by atoms with Crippen LogP contribution in [0.5, 0.6) is 0 Å². The molecule has 1 amide bonds. The molecule has 3 heterocycles. The van der Waals surface area contributed by atoms with E-state index in [1.54, 1.807) is 0 Å². The number of allylic oxidation sites excluding steroid dienone is 1. The largest absolute Gasteiger partial charge is 0.336 e. The van der Waals surface area contributed by atoms with Gasteiger partial charge in [0.1, 0.15) is 0 Å². The zero-order valence-electron chi connectivity index (χ0n) is 17.6. The lowest BCUT2D eigenvalue weighted by Gasteiger charge is -2.47. The Morgan fingerprint density at radius 3 is 2.73 bits per heavy atom. The summed E-state index contributed by atoms with van der Waals surface area (Å²) in [5.74, 6) is 0.241. The van der Waals surface area contributed by atoms with E-state index in [9.17, 15) is 4.79 Å². The smallest absolute Gasteiger partial charge is 0.229 e. The second-order valence-corrected chi connectivity index (χ2v) is 8.85. The van der Waals surface area contributed by atoms with Gasteiger partial charge in [0.25, 0.3) is 0 Å². The molecule has 5 heteroatoms. The second-order valence-electron chi connectivity index (χ2n) is 8.85. The first kappa shape index (κ1) is 19.3. The van der Waals surface area contributed by atoms with Crippen LogP contribution in [0.15, 0.2) is 54.6 Å². The summed E-state index contributed by atoms with van der Waals surface area (Å²) >= 11 is 0. The number of carbonyl (C=O) groups is 1. The van der Waals surface area contributed by atoms with Gasteiger partial charge in [-0.3, -0.25) is 10.1 Å². The summed E-state index contributed by atoms with van der Waals surface area (Å²) in [7, 11) is 0. The van der Waals surface area contributed by atoms with Gasteiger partial charge >= 0.3 is 0 Å². The number of amides is 1. The van der Waals surface area contributed by atoms with Crippen molar-refractivity contribution < 1.29 is 4.79 Å². The molecule has 156 valence electrons. The number of nitrogens with zero attached hydrogens (tertiary/aromatic N) is 1. The number of aryl methyl sites for hydroxylation is 1. The predicted molar refractivity (Wildman–Crippen MR) is 121 cm³/mol. The maximum absolute atomic E-state index is 13.2. The van der Waals surface area contributed by atoms with Gasteiger partial charge in [-0.2, -0.15) is 0 Å². The molecule has 0 bridgehead atoms. The summed E-state index contributed by atoms with van der Waals surface area (Å²) in [5.41, 5.74) is 5.00. The minimum Gasteiger partial charge on any atom is -0.336 e. The summed E-state index contributed by atoms with van der Waals surface area (Å²) in [4.78, 5) is 15.5. The van der Waals surface area contributed by atoms with E-state index < -0.39 is 0 Å². The van der Waals surface area contributed by atoms with Crippen molar-refractivity contribution in [3.8, 4) is 0 Å². The highest BCUT2D eigenvalue weighted by atomic mass is 16.2. The Bertz CT molecular complexity index is 954. The van der Waals surface area contributed by atoms with Crippen molar-refractivity contribution in [3.05, 3.63) is 71.3 Å². The lowest BCUT2D eigenvalue weighted by molar-refractivity contribution is -0.132. The number of nitrogens with one attached hydrogen (secondary N) is 3. The van der Waals surface area contributed by atoms with Crippen LogP contribution in [0.25, 0.3) is 6.08 Å².